The van der Waals surface area contributed by atoms with Gasteiger partial charge in [0.25, 0.3) is 0 Å². The van der Waals surface area contributed by atoms with Gasteiger partial charge in [0.15, 0.2) is 0 Å². The smallest absolute Gasteiger partial charge is 0.341 e. The van der Waals surface area contributed by atoms with Crippen molar-refractivity contribution in [1.29, 1.82) is 0 Å². The molecule has 0 spiro atoms. The summed E-state index contributed by atoms with van der Waals surface area (Å²) in [6.07, 6.45) is 1.76. The predicted octanol–water partition coefficient (Wildman–Crippen LogP) is 2.00. The monoisotopic (exact) mass is 304 g/mol. The maximum Gasteiger partial charge on any atom is 0.341 e. The highest BCUT2D eigenvalue weighted by atomic mass is 32.2. The van der Waals surface area contributed by atoms with E-state index in [9.17, 15) is 17.2 Å². The summed E-state index contributed by atoms with van der Waals surface area (Å²) in [6, 6.07) is 5.84. The van der Waals surface area contributed by atoms with Crippen molar-refractivity contribution in [1.82, 2.24) is 0 Å². The van der Waals surface area contributed by atoms with Crippen LogP contribution in [-0.4, -0.2) is 32.8 Å². The Hall–Kier alpha value is -1.21. The topological polar surface area (TPSA) is 63.4 Å². The van der Waals surface area contributed by atoms with Crippen molar-refractivity contribution in [2.24, 2.45) is 5.73 Å². The van der Waals surface area contributed by atoms with Crippen LogP contribution < -0.4 is 10.6 Å². The minimum atomic E-state index is -4.59. The molecule has 0 atom stereocenters. The first-order valence-electron chi connectivity index (χ1n) is 6.45. The zero-order chi connectivity index (χ0) is 15.0. The van der Waals surface area contributed by atoms with E-state index in [1.807, 2.05) is 6.92 Å². The standard InChI is InChI=1S/C13H18F2N2O2S/c1-2-7-13(16)8-17(9-13)10-5-3-4-6-11(10)20(18,19)12(14)15/h3-6,12H,2,7-9,16H2,1H3. The fourth-order valence-electron chi connectivity index (χ4n) is 2.60. The lowest BCUT2D eigenvalue weighted by molar-refractivity contribution is 0.234. The lowest BCUT2D eigenvalue weighted by Gasteiger charge is -2.49. The molecule has 1 aliphatic rings. The van der Waals surface area contributed by atoms with Gasteiger partial charge in [-0.3, -0.25) is 0 Å². The highest BCUT2D eigenvalue weighted by Crippen LogP contribution is 2.35. The van der Waals surface area contributed by atoms with Gasteiger partial charge in [-0.25, -0.2) is 8.42 Å². The molecule has 112 valence electrons. The number of hydrogen-bond donors (Lipinski definition) is 1. The van der Waals surface area contributed by atoms with Gasteiger partial charge in [0.05, 0.1) is 16.1 Å². The van der Waals surface area contributed by atoms with Gasteiger partial charge in [-0.2, -0.15) is 8.78 Å². The fourth-order valence-corrected chi connectivity index (χ4v) is 3.54. The van der Waals surface area contributed by atoms with Gasteiger partial charge in [-0.15, -0.1) is 0 Å². The molecule has 0 saturated carbocycles. The van der Waals surface area contributed by atoms with Crippen molar-refractivity contribution in [3.05, 3.63) is 24.3 Å². The summed E-state index contributed by atoms with van der Waals surface area (Å²) in [5.74, 6) is -3.41. The molecule has 0 aromatic heterocycles. The van der Waals surface area contributed by atoms with E-state index < -0.39 is 15.6 Å². The van der Waals surface area contributed by atoms with E-state index in [1.165, 1.54) is 12.1 Å². The number of sulfone groups is 1. The summed E-state index contributed by atoms with van der Waals surface area (Å²) in [5, 5.41) is 0. The first-order chi connectivity index (χ1) is 9.30. The molecule has 0 radical (unpaired) electrons. The molecule has 0 aliphatic carbocycles. The van der Waals surface area contributed by atoms with Crippen LogP contribution in [0.3, 0.4) is 0 Å². The second kappa shape index (κ2) is 5.29. The lowest BCUT2D eigenvalue weighted by Crippen LogP contribution is -2.67. The van der Waals surface area contributed by atoms with E-state index in [2.05, 4.69) is 0 Å². The lowest BCUT2D eigenvalue weighted by atomic mass is 9.86. The van der Waals surface area contributed by atoms with Crippen LogP contribution in [-0.2, 0) is 9.84 Å². The molecule has 1 fully saturated rings. The quantitative estimate of drug-likeness (QED) is 0.904. The second-order valence-electron chi connectivity index (χ2n) is 5.24. The Morgan fingerprint density at radius 2 is 1.95 bits per heavy atom. The molecule has 0 unspecified atom stereocenters. The Bertz CT molecular complexity index is 584. The van der Waals surface area contributed by atoms with Crippen molar-refractivity contribution >= 4 is 15.5 Å². The predicted molar refractivity (Wildman–Crippen MR) is 73.7 cm³/mol. The molecule has 1 heterocycles. The molecule has 1 aromatic carbocycles. The number of halogens is 2. The first kappa shape index (κ1) is 15.2. The number of nitrogens with two attached hydrogens (primary N) is 1. The minimum Gasteiger partial charge on any atom is -0.367 e. The summed E-state index contributed by atoms with van der Waals surface area (Å²) < 4.78 is 48.8. The zero-order valence-electron chi connectivity index (χ0n) is 11.2. The highest BCUT2D eigenvalue weighted by molar-refractivity contribution is 7.91. The number of anilines is 1. The van der Waals surface area contributed by atoms with Gasteiger partial charge in [0.1, 0.15) is 0 Å². The third kappa shape index (κ3) is 2.64. The molecule has 2 N–H and O–H groups in total. The molecular formula is C13H18F2N2O2S. The fraction of sp³-hybridized carbons (Fsp3) is 0.538. The van der Waals surface area contributed by atoms with Crippen molar-refractivity contribution in [2.75, 3.05) is 18.0 Å². The zero-order valence-corrected chi connectivity index (χ0v) is 12.0. The summed E-state index contributed by atoms with van der Waals surface area (Å²) in [4.78, 5) is 1.42. The second-order valence-corrected chi connectivity index (χ2v) is 7.13. The first-order valence-corrected chi connectivity index (χ1v) is 8.00. The number of rotatable bonds is 5. The largest absolute Gasteiger partial charge is 0.367 e. The van der Waals surface area contributed by atoms with E-state index in [0.29, 0.717) is 18.8 Å². The SMILES string of the molecule is CCCC1(N)CN(c2ccccc2S(=O)(=O)C(F)F)C1. The molecule has 1 aliphatic heterocycles. The molecule has 1 aromatic rings. The van der Waals surface area contributed by atoms with Gasteiger partial charge < -0.3 is 10.6 Å². The van der Waals surface area contributed by atoms with E-state index in [1.54, 1.807) is 17.0 Å². The van der Waals surface area contributed by atoms with Crippen LogP contribution in [0.4, 0.5) is 14.5 Å². The Labute approximate surface area is 117 Å². The number of nitrogens with zero attached hydrogens (tertiary/aromatic N) is 1. The number of para-hydroxylation sites is 1. The van der Waals surface area contributed by atoms with Crippen LogP contribution in [0.1, 0.15) is 19.8 Å². The maximum atomic E-state index is 12.7. The summed E-state index contributed by atoms with van der Waals surface area (Å²) in [7, 11) is -4.59. The summed E-state index contributed by atoms with van der Waals surface area (Å²) in [6.45, 7) is 2.99. The molecule has 20 heavy (non-hydrogen) atoms. The third-order valence-corrected chi connectivity index (χ3v) is 4.93. The van der Waals surface area contributed by atoms with Crippen LogP contribution >= 0.6 is 0 Å². The highest BCUT2D eigenvalue weighted by Gasteiger charge is 2.41. The molecule has 1 saturated heterocycles. The average Bonchev–Trinajstić information content (AvgIpc) is 2.36. The molecule has 7 heteroatoms. The van der Waals surface area contributed by atoms with Gasteiger partial charge in [0.2, 0.25) is 9.84 Å². The van der Waals surface area contributed by atoms with Gasteiger partial charge in [-0.05, 0) is 18.6 Å². The average molecular weight is 304 g/mol. The maximum absolute atomic E-state index is 12.7. The number of alkyl halides is 2. The van der Waals surface area contributed by atoms with Crippen LogP contribution in [0.15, 0.2) is 29.2 Å². The number of benzene rings is 1. The van der Waals surface area contributed by atoms with Gasteiger partial charge in [0, 0.05) is 13.1 Å². The van der Waals surface area contributed by atoms with Crippen LogP contribution in [0, 0.1) is 0 Å². The minimum absolute atomic E-state index is 0.310. The normalized spacial score (nSPS) is 18.1. The van der Waals surface area contributed by atoms with Crippen molar-refractivity contribution in [2.45, 2.75) is 36.0 Å². The van der Waals surface area contributed by atoms with Crippen molar-refractivity contribution in [3.8, 4) is 0 Å². The van der Waals surface area contributed by atoms with Crippen molar-refractivity contribution < 1.29 is 17.2 Å². The van der Waals surface area contributed by atoms with Crippen LogP contribution in [0.5, 0.6) is 0 Å². The van der Waals surface area contributed by atoms with E-state index in [4.69, 9.17) is 5.73 Å². The molecule has 0 amide bonds. The Kier molecular flexibility index (Phi) is 4.02. The van der Waals surface area contributed by atoms with Gasteiger partial charge in [-0.1, -0.05) is 25.5 Å². The molecule has 2 rings (SSSR count). The number of hydrogen-bond acceptors (Lipinski definition) is 4. The summed E-state index contributed by atoms with van der Waals surface area (Å²) >= 11 is 0. The van der Waals surface area contributed by atoms with Gasteiger partial charge >= 0.3 is 5.76 Å². The molecular weight excluding hydrogens is 286 g/mol. The molecule has 0 bridgehead atoms. The van der Waals surface area contributed by atoms with Crippen molar-refractivity contribution in [3.63, 3.8) is 0 Å². The van der Waals surface area contributed by atoms with Crippen LogP contribution in [0.2, 0.25) is 0 Å². The Morgan fingerprint density at radius 3 is 2.50 bits per heavy atom. The molecule has 4 nitrogen and oxygen atoms in total. The third-order valence-electron chi connectivity index (χ3n) is 3.51. The summed E-state index contributed by atoms with van der Waals surface area (Å²) in [5.41, 5.74) is 6.08. The van der Waals surface area contributed by atoms with E-state index >= 15 is 0 Å². The van der Waals surface area contributed by atoms with Crippen LogP contribution in [0.25, 0.3) is 0 Å². The Morgan fingerprint density at radius 1 is 1.35 bits per heavy atom. The van der Waals surface area contributed by atoms with E-state index in [-0.39, 0.29) is 10.4 Å². The van der Waals surface area contributed by atoms with E-state index in [0.717, 1.165) is 12.8 Å². The Balaban J connectivity index is 2.28.